The zero-order chi connectivity index (χ0) is 16.9. The number of benzene rings is 1. The minimum atomic E-state index is -0.275. The molecule has 122 valence electrons. The summed E-state index contributed by atoms with van der Waals surface area (Å²) < 4.78 is 7.91. The Morgan fingerprint density at radius 2 is 2.04 bits per heavy atom. The number of ether oxygens (including phenoxy) is 1. The van der Waals surface area contributed by atoms with Gasteiger partial charge in [0.25, 0.3) is 5.91 Å². The topological polar surface area (TPSA) is 69.0 Å². The first-order valence-electron chi connectivity index (χ1n) is 7.29. The van der Waals surface area contributed by atoms with Crippen molar-refractivity contribution in [1.82, 2.24) is 14.8 Å². The molecule has 0 radical (unpaired) electrons. The Bertz CT molecular complexity index is 849. The van der Waals surface area contributed by atoms with Gasteiger partial charge in [0.1, 0.15) is 11.6 Å². The number of amides is 1. The Kier molecular flexibility index (Phi) is 4.90. The second-order valence-corrected chi connectivity index (χ2v) is 5.89. The van der Waals surface area contributed by atoms with Gasteiger partial charge in [0.15, 0.2) is 12.4 Å². The highest BCUT2D eigenvalue weighted by Gasteiger charge is 2.12. The fourth-order valence-electron chi connectivity index (χ4n) is 2.13. The van der Waals surface area contributed by atoms with Crippen LogP contribution in [0, 0.1) is 6.92 Å². The standard InChI is InChI=1S/C17H15BrN4O2/c1-12-10-16(22(21-12)15-8-4-5-9-19-15)20-17(23)11-24-14-7-3-2-6-13(14)18/h2-10H,11H2,1H3,(H,20,23). The highest BCUT2D eigenvalue weighted by Crippen LogP contribution is 2.23. The highest BCUT2D eigenvalue weighted by molar-refractivity contribution is 9.10. The summed E-state index contributed by atoms with van der Waals surface area (Å²) in [6.07, 6.45) is 1.67. The number of aryl methyl sites for hydroxylation is 1. The number of halogens is 1. The van der Waals surface area contributed by atoms with Crippen LogP contribution in [0.2, 0.25) is 0 Å². The van der Waals surface area contributed by atoms with E-state index in [0.717, 1.165) is 10.2 Å². The highest BCUT2D eigenvalue weighted by atomic mass is 79.9. The maximum atomic E-state index is 12.2. The van der Waals surface area contributed by atoms with Crippen LogP contribution in [0.4, 0.5) is 5.82 Å². The van der Waals surface area contributed by atoms with Gasteiger partial charge in [-0.2, -0.15) is 9.78 Å². The molecule has 0 unspecified atom stereocenters. The summed E-state index contributed by atoms with van der Waals surface area (Å²) in [5.41, 5.74) is 0.780. The molecule has 1 amide bonds. The first-order valence-corrected chi connectivity index (χ1v) is 8.08. The smallest absolute Gasteiger partial charge is 0.263 e. The molecule has 2 aromatic heterocycles. The largest absolute Gasteiger partial charge is 0.483 e. The molecule has 0 spiro atoms. The van der Waals surface area contributed by atoms with Crippen LogP contribution in [0.1, 0.15) is 5.69 Å². The Hall–Kier alpha value is -2.67. The van der Waals surface area contributed by atoms with Crippen molar-refractivity contribution in [2.24, 2.45) is 0 Å². The number of carbonyl (C=O) groups excluding carboxylic acids is 1. The number of nitrogens with one attached hydrogen (secondary N) is 1. The molecule has 7 heteroatoms. The van der Waals surface area contributed by atoms with E-state index < -0.39 is 0 Å². The van der Waals surface area contributed by atoms with Crippen molar-refractivity contribution in [3.8, 4) is 11.6 Å². The van der Waals surface area contributed by atoms with Crippen molar-refractivity contribution in [2.45, 2.75) is 6.92 Å². The van der Waals surface area contributed by atoms with Gasteiger partial charge in [0.05, 0.1) is 10.2 Å². The number of hydrogen-bond donors (Lipinski definition) is 1. The van der Waals surface area contributed by atoms with Gasteiger partial charge in [0.2, 0.25) is 0 Å². The number of pyridine rings is 1. The summed E-state index contributed by atoms with van der Waals surface area (Å²) in [5, 5.41) is 7.16. The molecule has 3 aromatic rings. The van der Waals surface area contributed by atoms with Crippen molar-refractivity contribution in [2.75, 3.05) is 11.9 Å². The fraction of sp³-hybridized carbons (Fsp3) is 0.118. The van der Waals surface area contributed by atoms with Gasteiger partial charge >= 0.3 is 0 Å². The summed E-state index contributed by atoms with van der Waals surface area (Å²) in [6.45, 7) is 1.75. The van der Waals surface area contributed by atoms with Crippen LogP contribution in [0.5, 0.6) is 5.75 Å². The summed E-state index contributed by atoms with van der Waals surface area (Å²) >= 11 is 3.38. The molecule has 0 atom stereocenters. The quantitative estimate of drug-likeness (QED) is 0.729. The molecule has 1 N–H and O–H groups in total. The lowest BCUT2D eigenvalue weighted by molar-refractivity contribution is -0.118. The minimum absolute atomic E-state index is 0.102. The van der Waals surface area contributed by atoms with Crippen LogP contribution < -0.4 is 10.1 Å². The second-order valence-electron chi connectivity index (χ2n) is 5.04. The van der Waals surface area contributed by atoms with E-state index in [2.05, 4.69) is 31.3 Å². The van der Waals surface area contributed by atoms with Gasteiger partial charge in [-0.25, -0.2) is 4.98 Å². The predicted molar refractivity (Wildman–Crippen MR) is 94.4 cm³/mol. The molecule has 0 bridgehead atoms. The number of hydrogen-bond acceptors (Lipinski definition) is 4. The van der Waals surface area contributed by atoms with E-state index in [9.17, 15) is 4.79 Å². The molecule has 24 heavy (non-hydrogen) atoms. The van der Waals surface area contributed by atoms with Crippen molar-refractivity contribution in [1.29, 1.82) is 0 Å². The Balaban J connectivity index is 1.70. The second kappa shape index (κ2) is 7.27. The SMILES string of the molecule is Cc1cc(NC(=O)COc2ccccc2Br)n(-c2ccccn2)n1. The molecule has 0 saturated carbocycles. The molecule has 1 aromatic carbocycles. The maximum Gasteiger partial charge on any atom is 0.263 e. The molecule has 3 rings (SSSR count). The Morgan fingerprint density at radius 3 is 2.79 bits per heavy atom. The third-order valence-electron chi connectivity index (χ3n) is 3.16. The summed E-state index contributed by atoms with van der Waals surface area (Å²) in [5.74, 6) is 1.52. The van der Waals surface area contributed by atoms with E-state index in [1.807, 2.05) is 43.3 Å². The molecule has 0 saturated heterocycles. The molecule has 0 aliphatic heterocycles. The first-order chi connectivity index (χ1) is 11.6. The zero-order valence-corrected chi connectivity index (χ0v) is 14.5. The number of aromatic nitrogens is 3. The molecule has 6 nitrogen and oxygen atoms in total. The third kappa shape index (κ3) is 3.80. The van der Waals surface area contributed by atoms with Crippen LogP contribution in [-0.2, 0) is 4.79 Å². The van der Waals surface area contributed by atoms with E-state index in [1.54, 1.807) is 23.0 Å². The summed E-state index contributed by atoms with van der Waals surface area (Å²) in [6, 6.07) is 14.7. The van der Waals surface area contributed by atoms with Crippen LogP contribution in [0.25, 0.3) is 5.82 Å². The van der Waals surface area contributed by atoms with E-state index >= 15 is 0 Å². The van der Waals surface area contributed by atoms with Crippen molar-refractivity contribution >= 4 is 27.7 Å². The molecule has 2 heterocycles. The lowest BCUT2D eigenvalue weighted by atomic mass is 10.3. The molecular weight excluding hydrogens is 372 g/mol. The number of nitrogens with zero attached hydrogens (tertiary/aromatic N) is 3. The first kappa shape index (κ1) is 16.2. The molecular formula is C17H15BrN4O2. The van der Waals surface area contributed by atoms with Gasteiger partial charge in [0, 0.05) is 12.3 Å². The van der Waals surface area contributed by atoms with Crippen LogP contribution in [0.3, 0.4) is 0 Å². The zero-order valence-electron chi connectivity index (χ0n) is 12.9. The van der Waals surface area contributed by atoms with Crippen LogP contribution in [0.15, 0.2) is 59.2 Å². The van der Waals surface area contributed by atoms with E-state index in [4.69, 9.17) is 4.74 Å². The van der Waals surface area contributed by atoms with Crippen molar-refractivity contribution in [3.63, 3.8) is 0 Å². The van der Waals surface area contributed by atoms with Gasteiger partial charge in [-0.05, 0) is 47.1 Å². The van der Waals surface area contributed by atoms with E-state index in [-0.39, 0.29) is 12.5 Å². The molecule has 0 aliphatic carbocycles. The van der Waals surface area contributed by atoms with Gasteiger partial charge in [-0.1, -0.05) is 18.2 Å². The summed E-state index contributed by atoms with van der Waals surface area (Å²) in [4.78, 5) is 16.4. The van der Waals surface area contributed by atoms with Gasteiger partial charge in [-0.3, -0.25) is 4.79 Å². The van der Waals surface area contributed by atoms with Crippen LogP contribution in [-0.4, -0.2) is 27.3 Å². The summed E-state index contributed by atoms with van der Waals surface area (Å²) in [7, 11) is 0. The number of anilines is 1. The van der Waals surface area contributed by atoms with Crippen LogP contribution >= 0.6 is 15.9 Å². The van der Waals surface area contributed by atoms with Crippen molar-refractivity contribution in [3.05, 3.63) is 64.9 Å². The van der Waals surface area contributed by atoms with Crippen molar-refractivity contribution < 1.29 is 9.53 Å². The van der Waals surface area contributed by atoms with E-state index in [0.29, 0.717) is 17.4 Å². The lowest BCUT2D eigenvalue weighted by Gasteiger charge is -2.10. The fourth-order valence-corrected chi connectivity index (χ4v) is 2.53. The predicted octanol–water partition coefficient (Wildman–Crippen LogP) is 3.36. The van der Waals surface area contributed by atoms with Gasteiger partial charge < -0.3 is 10.1 Å². The van der Waals surface area contributed by atoms with E-state index in [1.165, 1.54) is 0 Å². The molecule has 0 fully saturated rings. The maximum absolute atomic E-state index is 12.2. The number of rotatable bonds is 5. The average molecular weight is 387 g/mol. The minimum Gasteiger partial charge on any atom is -0.483 e. The number of carbonyl (C=O) groups is 1. The average Bonchev–Trinajstić information content (AvgIpc) is 2.95. The van der Waals surface area contributed by atoms with Gasteiger partial charge in [-0.15, -0.1) is 0 Å². The number of para-hydroxylation sites is 1. The molecule has 0 aliphatic rings. The normalized spacial score (nSPS) is 10.4. The Labute approximate surface area is 147 Å². The third-order valence-corrected chi connectivity index (χ3v) is 3.82. The Morgan fingerprint density at radius 1 is 1.25 bits per heavy atom. The lowest BCUT2D eigenvalue weighted by Crippen LogP contribution is -2.22. The monoisotopic (exact) mass is 386 g/mol.